The smallest absolute Gasteiger partial charge is 0.222 e. The van der Waals surface area contributed by atoms with Crippen molar-refractivity contribution in [3.8, 4) is 11.4 Å². The lowest BCUT2D eigenvalue weighted by atomic mass is 10.2. The van der Waals surface area contributed by atoms with Crippen LogP contribution in [0.5, 0.6) is 0 Å². The van der Waals surface area contributed by atoms with Gasteiger partial charge in [-0.3, -0.25) is 0 Å². The Hall–Kier alpha value is -1.94. The van der Waals surface area contributed by atoms with Gasteiger partial charge in [0.1, 0.15) is 5.69 Å². The van der Waals surface area contributed by atoms with Crippen molar-refractivity contribution in [1.29, 1.82) is 0 Å². The van der Waals surface area contributed by atoms with Gasteiger partial charge in [-0.1, -0.05) is 22.8 Å². The van der Waals surface area contributed by atoms with Crippen LogP contribution in [0.15, 0.2) is 34.9 Å². The molecule has 0 amide bonds. The average molecular weight is 234 g/mol. The lowest BCUT2D eigenvalue weighted by Gasteiger charge is -1.89. The zero-order valence-electron chi connectivity index (χ0n) is 8.20. The highest BCUT2D eigenvalue weighted by Gasteiger charge is 2.09. The molecule has 0 saturated carbocycles. The van der Waals surface area contributed by atoms with Crippen molar-refractivity contribution >= 4 is 28.4 Å². The van der Waals surface area contributed by atoms with E-state index in [2.05, 4.69) is 10.1 Å². The Balaban J connectivity index is 2.22. The van der Waals surface area contributed by atoms with Crippen molar-refractivity contribution in [2.75, 3.05) is 5.73 Å². The molecule has 80 valence electrons. The van der Waals surface area contributed by atoms with Crippen LogP contribution >= 0.6 is 11.6 Å². The van der Waals surface area contributed by atoms with E-state index in [1.54, 1.807) is 6.07 Å². The number of rotatable bonds is 1. The Morgan fingerprint density at radius 3 is 2.88 bits per heavy atom. The van der Waals surface area contributed by atoms with Gasteiger partial charge in [-0.2, -0.15) is 0 Å². The Morgan fingerprint density at radius 1 is 1.31 bits per heavy atom. The number of aromatic nitrogens is 2. The fraction of sp³-hybridized carbons (Fsp3) is 0. The maximum atomic E-state index is 6.07. The van der Waals surface area contributed by atoms with Gasteiger partial charge in [-0.15, -0.1) is 0 Å². The first kappa shape index (κ1) is 9.30. The van der Waals surface area contributed by atoms with E-state index in [-0.39, 0.29) is 0 Å². The first-order valence-corrected chi connectivity index (χ1v) is 5.11. The highest BCUT2D eigenvalue weighted by Crippen LogP contribution is 2.28. The second kappa shape index (κ2) is 3.28. The second-order valence-corrected chi connectivity index (χ2v) is 3.91. The SMILES string of the molecule is Nc1cc(-c2cc3c(Cl)cccc3[nH]2)no1. The normalized spacial score (nSPS) is 11.1. The zero-order chi connectivity index (χ0) is 11.1. The quantitative estimate of drug-likeness (QED) is 0.679. The Labute approximate surface area is 96.0 Å². The maximum absolute atomic E-state index is 6.07. The third kappa shape index (κ3) is 1.35. The van der Waals surface area contributed by atoms with E-state index in [1.807, 2.05) is 24.3 Å². The van der Waals surface area contributed by atoms with Crippen LogP contribution in [0.1, 0.15) is 0 Å². The Morgan fingerprint density at radius 2 is 2.19 bits per heavy atom. The van der Waals surface area contributed by atoms with Gasteiger partial charge in [-0.25, -0.2) is 0 Å². The Kier molecular flexibility index (Phi) is 1.91. The number of nitrogens with zero attached hydrogens (tertiary/aromatic N) is 1. The summed E-state index contributed by atoms with van der Waals surface area (Å²) in [5, 5.41) is 5.50. The van der Waals surface area contributed by atoms with E-state index in [0.717, 1.165) is 16.6 Å². The topological polar surface area (TPSA) is 67.8 Å². The summed E-state index contributed by atoms with van der Waals surface area (Å²) in [7, 11) is 0. The number of H-pyrrole nitrogens is 1. The van der Waals surface area contributed by atoms with Crippen molar-refractivity contribution in [1.82, 2.24) is 10.1 Å². The average Bonchev–Trinajstić information content (AvgIpc) is 2.84. The van der Waals surface area contributed by atoms with Gasteiger partial charge in [0, 0.05) is 22.0 Å². The summed E-state index contributed by atoms with van der Waals surface area (Å²) in [6.45, 7) is 0. The minimum atomic E-state index is 0.291. The fourth-order valence-electron chi connectivity index (χ4n) is 1.67. The molecule has 0 bridgehead atoms. The number of hydrogen-bond acceptors (Lipinski definition) is 3. The summed E-state index contributed by atoms with van der Waals surface area (Å²) in [4.78, 5) is 3.20. The summed E-state index contributed by atoms with van der Waals surface area (Å²) in [6, 6.07) is 9.28. The van der Waals surface area contributed by atoms with Crippen LogP contribution in [0.25, 0.3) is 22.3 Å². The molecular weight excluding hydrogens is 226 g/mol. The molecule has 0 saturated heterocycles. The summed E-state index contributed by atoms with van der Waals surface area (Å²) in [5.74, 6) is 0.291. The molecule has 0 fully saturated rings. The molecular formula is C11H8ClN3O. The first-order chi connectivity index (χ1) is 7.74. The second-order valence-electron chi connectivity index (χ2n) is 3.50. The van der Waals surface area contributed by atoms with E-state index < -0.39 is 0 Å². The van der Waals surface area contributed by atoms with Gasteiger partial charge in [0.15, 0.2) is 0 Å². The van der Waals surface area contributed by atoms with Crippen molar-refractivity contribution in [3.63, 3.8) is 0 Å². The Bertz CT molecular complexity index is 656. The number of anilines is 1. The molecule has 2 heterocycles. The van der Waals surface area contributed by atoms with Crippen LogP contribution in [0.2, 0.25) is 5.02 Å². The van der Waals surface area contributed by atoms with Crippen molar-refractivity contribution < 1.29 is 4.52 Å². The number of nitrogen functional groups attached to an aromatic ring is 1. The standard InChI is InChI=1S/C11H8ClN3O/c12-7-2-1-3-8-6(7)4-9(14-8)10-5-11(13)16-15-10/h1-5,14H,13H2. The first-order valence-electron chi connectivity index (χ1n) is 4.74. The van der Waals surface area contributed by atoms with Crippen molar-refractivity contribution in [2.45, 2.75) is 0 Å². The summed E-state index contributed by atoms with van der Waals surface area (Å²) in [5.41, 5.74) is 7.94. The van der Waals surface area contributed by atoms with E-state index in [9.17, 15) is 0 Å². The third-order valence-corrected chi connectivity index (χ3v) is 2.74. The molecule has 3 rings (SSSR count). The van der Waals surface area contributed by atoms with E-state index in [1.165, 1.54) is 0 Å². The van der Waals surface area contributed by atoms with Crippen molar-refractivity contribution in [2.24, 2.45) is 0 Å². The van der Waals surface area contributed by atoms with Crippen molar-refractivity contribution in [3.05, 3.63) is 35.4 Å². The highest BCUT2D eigenvalue weighted by atomic mass is 35.5. The number of aromatic amines is 1. The molecule has 0 aliphatic heterocycles. The van der Waals surface area contributed by atoms with Gasteiger partial charge < -0.3 is 15.2 Å². The predicted octanol–water partition coefficient (Wildman–Crippen LogP) is 3.06. The molecule has 3 aromatic rings. The van der Waals surface area contributed by atoms with Crippen LogP contribution in [0.3, 0.4) is 0 Å². The van der Waals surface area contributed by atoms with Crippen LogP contribution in [0.4, 0.5) is 5.88 Å². The molecule has 1 aromatic carbocycles. The van der Waals surface area contributed by atoms with Crippen LogP contribution in [-0.4, -0.2) is 10.1 Å². The van der Waals surface area contributed by atoms with Crippen LogP contribution in [0, 0.1) is 0 Å². The lowest BCUT2D eigenvalue weighted by Crippen LogP contribution is -1.76. The lowest BCUT2D eigenvalue weighted by molar-refractivity contribution is 0.439. The summed E-state index contributed by atoms with van der Waals surface area (Å²) in [6.07, 6.45) is 0. The zero-order valence-corrected chi connectivity index (χ0v) is 8.95. The molecule has 0 spiro atoms. The molecule has 0 radical (unpaired) electrons. The number of nitrogens with two attached hydrogens (primary N) is 1. The third-order valence-electron chi connectivity index (χ3n) is 2.42. The van der Waals surface area contributed by atoms with Gasteiger partial charge in [0.05, 0.1) is 5.69 Å². The van der Waals surface area contributed by atoms with Crippen LogP contribution < -0.4 is 5.73 Å². The molecule has 0 atom stereocenters. The number of nitrogens with one attached hydrogen (secondary N) is 1. The van der Waals surface area contributed by atoms with Crippen LogP contribution in [-0.2, 0) is 0 Å². The molecule has 0 aliphatic rings. The monoisotopic (exact) mass is 233 g/mol. The largest absolute Gasteiger partial charge is 0.368 e. The molecule has 2 aromatic heterocycles. The summed E-state index contributed by atoms with van der Waals surface area (Å²) < 4.78 is 4.82. The molecule has 5 heteroatoms. The molecule has 3 N–H and O–H groups in total. The minimum absolute atomic E-state index is 0.291. The van der Waals surface area contributed by atoms with Gasteiger partial charge in [0.2, 0.25) is 5.88 Å². The molecule has 0 aliphatic carbocycles. The number of fused-ring (bicyclic) bond motifs is 1. The molecule has 16 heavy (non-hydrogen) atoms. The van der Waals surface area contributed by atoms with E-state index >= 15 is 0 Å². The van der Waals surface area contributed by atoms with Gasteiger partial charge in [0.25, 0.3) is 0 Å². The fourth-order valence-corrected chi connectivity index (χ4v) is 1.90. The minimum Gasteiger partial charge on any atom is -0.368 e. The predicted molar refractivity (Wildman–Crippen MR) is 63.2 cm³/mol. The number of halogens is 1. The maximum Gasteiger partial charge on any atom is 0.222 e. The highest BCUT2D eigenvalue weighted by molar-refractivity contribution is 6.35. The van der Waals surface area contributed by atoms with E-state index in [4.69, 9.17) is 21.9 Å². The summed E-state index contributed by atoms with van der Waals surface area (Å²) >= 11 is 6.07. The molecule has 0 unspecified atom stereocenters. The molecule has 4 nitrogen and oxygen atoms in total. The van der Waals surface area contributed by atoms with Gasteiger partial charge in [-0.05, 0) is 18.2 Å². The number of hydrogen-bond donors (Lipinski definition) is 2. The number of benzene rings is 1. The van der Waals surface area contributed by atoms with E-state index in [0.29, 0.717) is 16.6 Å². The van der Waals surface area contributed by atoms with Gasteiger partial charge >= 0.3 is 0 Å².